The predicted molar refractivity (Wildman–Crippen MR) is 150 cm³/mol. The molecule has 1 spiro atoms. The van der Waals surface area contributed by atoms with E-state index in [-0.39, 0.29) is 41.6 Å². The molecule has 1 aromatic carbocycles. The van der Waals surface area contributed by atoms with Crippen molar-refractivity contribution in [2.75, 3.05) is 24.7 Å². The molecule has 1 aromatic rings. The standard InChI is InChI=1S/C28H35BrN2O5S/c1-6-12-30(22-16(4)10-9-11-17(22)5)26(34)24-28-14-19(29)23(37-28)20(27(35)36-13-7-2)21(28)25(33)31(24)18(8-3)15-32/h6-7,9-11,18-21,23-24,32H,1-2,8,12-15H2,3-5H3/t18-,19?,20+,21-,23+,24?,28?/m0/s1. The zero-order valence-electron chi connectivity index (χ0n) is 21.6. The number of anilines is 1. The Bertz CT molecular complexity index is 1090. The average molecular weight is 592 g/mol. The van der Waals surface area contributed by atoms with E-state index >= 15 is 0 Å². The number of amides is 2. The number of thioether (sulfide) groups is 1. The van der Waals surface area contributed by atoms with E-state index in [4.69, 9.17) is 4.74 Å². The van der Waals surface area contributed by atoms with E-state index in [2.05, 4.69) is 29.1 Å². The van der Waals surface area contributed by atoms with Crippen molar-refractivity contribution < 1.29 is 24.2 Å². The van der Waals surface area contributed by atoms with Gasteiger partial charge in [-0.25, -0.2) is 0 Å². The number of nitrogens with zero attached hydrogens (tertiary/aromatic N) is 2. The van der Waals surface area contributed by atoms with Gasteiger partial charge in [-0.15, -0.1) is 18.3 Å². The number of esters is 1. The van der Waals surface area contributed by atoms with Crippen molar-refractivity contribution in [1.29, 1.82) is 0 Å². The monoisotopic (exact) mass is 590 g/mol. The number of rotatable bonds is 10. The highest BCUT2D eigenvalue weighted by atomic mass is 79.9. The summed E-state index contributed by atoms with van der Waals surface area (Å²) in [6.45, 7) is 13.4. The summed E-state index contributed by atoms with van der Waals surface area (Å²) in [6, 6.07) is 4.50. The van der Waals surface area contributed by atoms with E-state index in [1.54, 1.807) is 27.6 Å². The largest absolute Gasteiger partial charge is 0.461 e. The highest BCUT2D eigenvalue weighted by molar-refractivity contribution is 9.09. The first-order valence-electron chi connectivity index (χ1n) is 12.7. The Morgan fingerprint density at radius 2 is 2.00 bits per heavy atom. The fourth-order valence-electron chi connectivity index (χ4n) is 6.46. The van der Waals surface area contributed by atoms with Crippen LogP contribution in [0.3, 0.4) is 0 Å². The quantitative estimate of drug-likeness (QED) is 0.253. The fraction of sp³-hybridized carbons (Fsp3) is 0.536. The second-order valence-corrected chi connectivity index (χ2v) is 12.8. The van der Waals surface area contributed by atoms with Crippen LogP contribution < -0.4 is 4.90 Å². The van der Waals surface area contributed by atoms with Gasteiger partial charge in [0.2, 0.25) is 5.91 Å². The van der Waals surface area contributed by atoms with Gasteiger partial charge in [-0.05, 0) is 37.8 Å². The molecule has 37 heavy (non-hydrogen) atoms. The summed E-state index contributed by atoms with van der Waals surface area (Å²) in [4.78, 5) is 45.3. The molecule has 9 heteroatoms. The summed E-state index contributed by atoms with van der Waals surface area (Å²) < 4.78 is 4.62. The Hall–Kier alpha value is -2.10. The molecule has 0 radical (unpaired) electrons. The predicted octanol–water partition coefficient (Wildman–Crippen LogP) is 3.79. The number of para-hydroxylation sites is 1. The van der Waals surface area contributed by atoms with Gasteiger partial charge in [0.25, 0.3) is 5.91 Å². The number of ether oxygens (including phenoxy) is 1. The van der Waals surface area contributed by atoms with Crippen molar-refractivity contribution in [3.8, 4) is 0 Å². The highest BCUT2D eigenvalue weighted by Crippen LogP contribution is 2.68. The number of hydrogen-bond donors (Lipinski definition) is 1. The first-order valence-corrected chi connectivity index (χ1v) is 14.5. The molecule has 3 aliphatic heterocycles. The maximum Gasteiger partial charge on any atom is 0.311 e. The molecule has 2 amide bonds. The first kappa shape index (κ1) is 27.9. The van der Waals surface area contributed by atoms with Crippen LogP contribution in [0.5, 0.6) is 0 Å². The number of alkyl halides is 1. The van der Waals surface area contributed by atoms with Gasteiger partial charge < -0.3 is 19.6 Å². The van der Waals surface area contributed by atoms with Crippen LogP contribution in [0, 0.1) is 25.7 Å². The van der Waals surface area contributed by atoms with E-state index < -0.39 is 34.6 Å². The van der Waals surface area contributed by atoms with E-state index in [0.717, 1.165) is 16.8 Å². The first-order chi connectivity index (χ1) is 17.7. The van der Waals surface area contributed by atoms with E-state index in [9.17, 15) is 19.5 Å². The second-order valence-electron chi connectivity index (χ2n) is 10.1. The van der Waals surface area contributed by atoms with Gasteiger partial charge in [0.1, 0.15) is 12.6 Å². The molecule has 4 rings (SSSR count). The summed E-state index contributed by atoms with van der Waals surface area (Å²) >= 11 is 5.32. The maximum atomic E-state index is 14.7. The minimum absolute atomic E-state index is 0.0552. The molecule has 7 atom stereocenters. The Morgan fingerprint density at radius 1 is 1.32 bits per heavy atom. The summed E-state index contributed by atoms with van der Waals surface area (Å²) in [5, 5.41) is 10.1. The Kier molecular flexibility index (Phi) is 8.26. The number of likely N-dealkylation sites (tertiary alicyclic amines) is 1. The van der Waals surface area contributed by atoms with Crippen LogP contribution in [0.2, 0.25) is 0 Å². The van der Waals surface area contributed by atoms with Gasteiger partial charge >= 0.3 is 5.97 Å². The lowest BCUT2D eigenvalue weighted by Gasteiger charge is -2.40. The number of benzene rings is 1. The third kappa shape index (κ3) is 4.36. The number of fused-ring (bicyclic) bond motifs is 1. The van der Waals surface area contributed by atoms with Crippen LogP contribution >= 0.6 is 27.7 Å². The lowest BCUT2D eigenvalue weighted by atomic mass is 9.71. The highest BCUT2D eigenvalue weighted by Gasteiger charge is 2.76. The molecule has 0 aliphatic carbocycles. The van der Waals surface area contributed by atoms with Crippen molar-refractivity contribution >= 4 is 51.2 Å². The molecule has 7 nitrogen and oxygen atoms in total. The van der Waals surface area contributed by atoms with Gasteiger partial charge in [0.05, 0.1) is 29.2 Å². The third-order valence-corrected chi connectivity index (χ3v) is 11.2. The molecule has 0 aromatic heterocycles. The van der Waals surface area contributed by atoms with Crippen LogP contribution in [0.15, 0.2) is 43.5 Å². The van der Waals surface area contributed by atoms with Crippen LogP contribution in [-0.4, -0.2) is 74.5 Å². The smallest absolute Gasteiger partial charge is 0.311 e. The van der Waals surface area contributed by atoms with Gasteiger partial charge in [-0.1, -0.05) is 59.8 Å². The molecule has 200 valence electrons. The minimum atomic E-state index is -0.840. The molecule has 3 aliphatic rings. The molecule has 0 saturated carbocycles. The lowest BCUT2D eigenvalue weighted by molar-refractivity contribution is -0.153. The van der Waals surface area contributed by atoms with E-state index in [1.165, 1.54) is 6.08 Å². The molecule has 3 heterocycles. The second kappa shape index (κ2) is 10.9. The van der Waals surface area contributed by atoms with Crippen LogP contribution in [0.1, 0.15) is 30.9 Å². The zero-order chi connectivity index (χ0) is 27.1. The zero-order valence-corrected chi connectivity index (χ0v) is 24.0. The topological polar surface area (TPSA) is 87.2 Å². The number of aliphatic hydroxyl groups is 1. The normalized spacial score (nSPS) is 30.7. The lowest BCUT2D eigenvalue weighted by Crippen LogP contribution is -2.58. The molecule has 3 saturated heterocycles. The summed E-state index contributed by atoms with van der Waals surface area (Å²) in [5.74, 6) is -2.29. The van der Waals surface area contributed by atoms with E-state index in [1.807, 2.05) is 39.0 Å². The Morgan fingerprint density at radius 3 is 2.57 bits per heavy atom. The number of hydrogen-bond acceptors (Lipinski definition) is 6. The van der Waals surface area contributed by atoms with Gasteiger partial charge in [-0.2, -0.15) is 0 Å². The van der Waals surface area contributed by atoms with Crippen LogP contribution in [0.4, 0.5) is 5.69 Å². The molecule has 3 unspecified atom stereocenters. The number of halogens is 1. The third-order valence-electron chi connectivity index (χ3n) is 7.94. The van der Waals surface area contributed by atoms with Crippen molar-refractivity contribution in [2.24, 2.45) is 11.8 Å². The van der Waals surface area contributed by atoms with Crippen LogP contribution in [-0.2, 0) is 19.1 Å². The molecule has 2 bridgehead atoms. The number of aryl methyl sites for hydroxylation is 2. The summed E-state index contributed by atoms with van der Waals surface area (Å²) in [7, 11) is 0. The minimum Gasteiger partial charge on any atom is -0.461 e. The SMILES string of the molecule is C=CCOC(=O)[C@H]1[C@@H]2SC3(CC2Br)C(C(=O)N(CC=C)c2c(C)cccc2C)N([C@@H](CC)CO)C(=O)[C@H]13. The number of aliphatic hydroxyl groups excluding tert-OH is 1. The van der Waals surface area contributed by atoms with Crippen molar-refractivity contribution in [1.82, 2.24) is 4.90 Å². The Labute approximate surface area is 231 Å². The van der Waals surface area contributed by atoms with Crippen molar-refractivity contribution in [2.45, 2.75) is 60.5 Å². The van der Waals surface area contributed by atoms with Crippen molar-refractivity contribution in [3.63, 3.8) is 0 Å². The summed E-state index contributed by atoms with van der Waals surface area (Å²) in [5.41, 5.74) is 2.69. The molecular weight excluding hydrogens is 556 g/mol. The number of carbonyl (C=O) groups is 3. The van der Waals surface area contributed by atoms with Gasteiger partial charge in [-0.3, -0.25) is 14.4 Å². The average Bonchev–Trinajstić information content (AvgIpc) is 3.46. The summed E-state index contributed by atoms with van der Waals surface area (Å²) in [6.07, 6.45) is 4.24. The van der Waals surface area contributed by atoms with Gasteiger partial charge in [0, 0.05) is 22.3 Å². The molecule has 1 N–H and O–H groups in total. The molecular formula is C28H35BrN2O5S. The fourth-order valence-corrected chi connectivity index (χ4v) is 10.0. The maximum absolute atomic E-state index is 14.7. The van der Waals surface area contributed by atoms with Crippen molar-refractivity contribution in [3.05, 3.63) is 54.6 Å². The van der Waals surface area contributed by atoms with Gasteiger partial charge in [0.15, 0.2) is 0 Å². The number of carbonyl (C=O) groups excluding carboxylic acids is 3. The Balaban J connectivity index is 1.86. The van der Waals surface area contributed by atoms with E-state index in [0.29, 0.717) is 12.8 Å². The molecule has 3 fully saturated rings. The van der Waals surface area contributed by atoms with Crippen LogP contribution in [0.25, 0.3) is 0 Å².